The number of hydrogen-bond donors (Lipinski definition) is 2. The largest absolute Gasteiger partial charge is 0.353 e. The monoisotopic (exact) mass is 232 g/mol. The highest BCUT2D eigenvalue weighted by Crippen LogP contribution is 2.18. The smallest absolute Gasteiger partial charge is 0.221 e. The number of hydrogen-bond acceptors (Lipinski definition) is 2. The first-order valence-electron chi connectivity index (χ1n) is 6.30. The topological polar surface area (TPSA) is 41.1 Å². The van der Waals surface area contributed by atoms with E-state index in [9.17, 15) is 4.79 Å². The fourth-order valence-corrected chi connectivity index (χ4v) is 1.76. The first-order chi connectivity index (χ1) is 8.25. The number of nitrogens with one attached hydrogen (secondary N) is 2. The normalized spacial score (nSPS) is 14.6. The van der Waals surface area contributed by atoms with Gasteiger partial charge in [0.25, 0.3) is 0 Å². The fraction of sp³-hybridized carbons (Fsp3) is 0.500. The molecule has 0 radical (unpaired) electrons. The first kappa shape index (κ1) is 12.1. The van der Waals surface area contributed by atoms with E-state index in [1.807, 2.05) is 12.1 Å². The summed E-state index contributed by atoms with van der Waals surface area (Å²) < 4.78 is 0. The van der Waals surface area contributed by atoms with Crippen molar-refractivity contribution in [3.8, 4) is 0 Å². The van der Waals surface area contributed by atoms with Crippen molar-refractivity contribution in [1.82, 2.24) is 10.6 Å². The van der Waals surface area contributed by atoms with Crippen LogP contribution in [-0.4, -0.2) is 18.5 Å². The molecule has 1 aromatic rings. The lowest BCUT2D eigenvalue weighted by Gasteiger charge is -2.07. The van der Waals surface area contributed by atoms with Gasteiger partial charge in [-0.05, 0) is 30.9 Å². The Bertz CT molecular complexity index is 386. The van der Waals surface area contributed by atoms with Gasteiger partial charge in [0.1, 0.15) is 0 Å². The molecule has 1 aliphatic rings. The molecule has 0 aliphatic heterocycles. The van der Waals surface area contributed by atoms with Gasteiger partial charge in [-0.2, -0.15) is 0 Å². The molecule has 17 heavy (non-hydrogen) atoms. The van der Waals surface area contributed by atoms with Crippen molar-refractivity contribution in [3.05, 3.63) is 35.4 Å². The molecular weight excluding hydrogens is 212 g/mol. The molecule has 0 atom stereocenters. The number of carbonyl (C=O) groups is 1. The quantitative estimate of drug-likeness (QED) is 0.734. The van der Waals surface area contributed by atoms with Crippen molar-refractivity contribution in [1.29, 1.82) is 0 Å². The van der Waals surface area contributed by atoms with E-state index < -0.39 is 0 Å². The second kappa shape index (κ2) is 5.82. The number of carbonyl (C=O) groups excluding carboxylic acids is 1. The van der Waals surface area contributed by atoms with Crippen molar-refractivity contribution < 1.29 is 4.79 Å². The number of benzene rings is 1. The molecule has 0 unspecified atom stereocenters. The van der Waals surface area contributed by atoms with Crippen molar-refractivity contribution in [3.63, 3.8) is 0 Å². The van der Waals surface area contributed by atoms with Gasteiger partial charge in [0.15, 0.2) is 0 Å². The second-order valence-electron chi connectivity index (χ2n) is 4.70. The Hall–Kier alpha value is -1.35. The predicted octanol–water partition coefficient (Wildman–Crippen LogP) is 1.75. The highest BCUT2D eigenvalue weighted by Gasteiger charge is 2.22. The molecule has 0 saturated heterocycles. The van der Waals surface area contributed by atoms with E-state index in [1.54, 1.807) is 0 Å². The molecule has 0 heterocycles. The molecule has 2 rings (SSSR count). The zero-order chi connectivity index (χ0) is 12.1. The van der Waals surface area contributed by atoms with Crippen LogP contribution < -0.4 is 10.6 Å². The number of amides is 1. The van der Waals surface area contributed by atoms with Gasteiger partial charge in [-0.1, -0.05) is 24.3 Å². The molecule has 1 amide bonds. The van der Waals surface area contributed by atoms with Crippen LogP contribution in [0.5, 0.6) is 0 Å². The van der Waals surface area contributed by atoms with E-state index in [0.29, 0.717) is 12.5 Å². The zero-order valence-corrected chi connectivity index (χ0v) is 10.3. The van der Waals surface area contributed by atoms with E-state index in [2.05, 4.69) is 29.7 Å². The minimum absolute atomic E-state index is 0.171. The van der Waals surface area contributed by atoms with Crippen LogP contribution in [0.25, 0.3) is 0 Å². The third kappa shape index (κ3) is 4.19. The summed E-state index contributed by atoms with van der Waals surface area (Å²) >= 11 is 0. The first-order valence-corrected chi connectivity index (χ1v) is 6.30. The van der Waals surface area contributed by atoms with Crippen LogP contribution in [0.3, 0.4) is 0 Å². The van der Waals surface area contributed by atoms with Crippen LogP contribution >= 0.6 is 0 Å². The molecular formula is C14H20N2O. The average Bonchev–Trinajstić information content (AvgIpc) is 3.10. The summed E-state index contributed by atoms with van der Waals surface area (Å²) in [6.45, 7) is 3.69. The van der Waals surface area contributed by atoms with Gasteiger partial charge in [0.2, 0.25) is 5.91 Å². The Labute approximate surface area is 103 Å². The Morgan fingerprint density at radius 1 is 1.35 bits per heavy atom. The lowest BCUT2D eigenvalue weighted by Crippen LogP contribution is -2.29. The van der Waals surface area contributed by atoms with Crippen molar-refractivity contribution in [2.75, 3.05) is 6.54 Å². The highest BCUT2D eigenvalue weighted by molar-refractivity contribution is 5.76. The number of rotatable bonds is 6. The molecule has 0 spiro atoms. The molecule has 2 N–H and O–H groups in total. The number of aryl methyl sites for hydroxylation is 1. The fourth-order valence-electron chi connectivity index (χ4n) is 1.76. The third-order valence-electron chi connectivity index (χ3n) is 3.05. The lowest BCUT2D eigenvalue weighted by atomic mass is 10.1. The van der Waals surface area contributed by atoms with E-state index in [1.165, 1.54) is 11.1 Å². The minimum Gasteiger partial charge on any atom is -0.353 e. The zero-order valence-electron chi connectivity index (χ0n) is 10.3. The van der Waals surface area contributed by atoms with Crippen LogP contribution in [-0.2, 0) is 11.3 Å². The summed E-state index contributed by atoms with van der Waals surface area (Å²) in [7, 11) is 0. The van der Waals surface area contributed by atoms with Gasteiger partial charge in [-0.15, -0.1) is 0 Å². The van der Waals surface area contributed by atoms with Crippen LogP contribution in [0.1, 0.15) is 30.4 Å². The Kier molecular flexibility index (Phi) is 4.15. The maximum Gasteiger partial charge on any atom is 0.221 e. The molecule has 1 aliphatic carbocycles. The summed E-state index contributed by atoms with van der Waals surface area (Å²) in [5, 5.41) is 6.29. The predicted molar refractivity (Wildman–Crippen MR) is 68.7 cm³/mol. The van der Waals surface area contributed by atoms with Crippen LogP contribution in [0.15, 0.2) is 24.3 Å². The molecule has 1 saturated carbocycles. The summed E-state index contributed by atoms with van der Waals surface area (Å²) in [4.78, 5) is 11.4. The molecule has 0 aromatic heterocycles. The third-order valence-corrected chi connectivity index (χ3v) is 3.05. The van der Waals surface area contributed by atoms with Gasteiger partial charge >= 0.3 is 0 Å². The van der Waals surface area contributed by atoms with Crippen molar-refractivity contribution in [2.24, 2.45) is 0 Å². The molecule has 3 heteroatoms. The average molecular weight is 232 g/mol. The van der Waals surface area contributed by atoms with E-state index in [4.69, 9.17) is 0 Å². The highest BCUT2D eigenvalue weighted by atomic mass is 16.1. The van der Waals surface area contributed by atoms with E-state index in [-0.39, 0.29) is 5.91 Å². The van der Waals surface area contributed by atoms with Gasteiger partial charge in [0.05, 0.1) is 0 Å². The summed E-state index contributed by atoms with van der Waals surface area (Å²) in [5.41, 5.74) is 2.59. The Morgan fingerprint density at radius 2 is 2.12 bits per heavy atom. The minimum atomic E-state index is 0.171. The Balaban J connectivity index is 1.62. The SMILES string of the molecule is Cc1ccccc1CNCCC(=O)NC1CC1. The molecule has 1 aromatic carbocycles. The van der Waals surface area contributed by atoms with E-state index in [0.717, 1.165) is 25.9 Å². The molecule has 1 fully saturated rings. The standard InChI is InChI=1S/C14H20N2O/c1-11-4-2-3-5-12(11)10-15-9-8-14(17)16-13-6-7-13/h2-5,13,15H,6-10H2,1H3,(H,16,17). The van der Waals surface area contributed by atoms with Gasteiger partial charge in [-0.25, -0.2) is 0 Å². The van der Waals surface area contributed by atoms with Crippen LogP contribution in [0.2, 0.25) is 0 Å². The lowest BCUT2D eigenvalue weighted by molar-refractivity contribution is -0.121. The maximum absolute atomic E-state index is 11.4. The maximum atomic E-state index is 11.4. The van der Waals surface area contributed by atoms with Crippen LogP contribution in [0, 0.1) is 6.92 Å². The molecule has 0 bridgehead atoms. The summed E-state index contributed by atoms with van der Waals surface area (Å²) in [6, 6.07) is 8.79. The van der Waals surface area contributed by atoms with Gasteiger partial charge in [0, 0.05) is 25.6 Å². The van der Waals surface area contributed by atoms with Gasteiger partial charge in [-0.3, -0.25) is 4.79 Å². The van der Waals surface area contributed by atoms with Crippen LogP contribution in [0.4, 0.5) is 0 Å². The Morgan fingerprint density at radius 3 is 2.82 bits per heavy atom. The molecule has 3 nitrogen and oxygen atoms in total. The van der Waals surface area contributed by atoms with Crippen molar-refractivity contribution >= 4 is 5.91 Å². The van der Waals surface area contributed by atoms with E-state index >= 15 is 0 Å². The second-order valence-corrected chi connectivity index (χ2v) is 4.70. The van der Waals surface area contributed by atoms with Crippen molar-refractivity contribution in [2.45, 2.75) is 38.8 Å². The summed E-state index contributed by atoms with van der Waals surface area (Å²) in [6.07, 6.45) is 2.88. The van der Waals surface area contributed by atoms with Gasteiger partial charge < -0.3 is 10.6 Å². The summed E-state index contributed by atoms with van der Waals surface area (Å²) in [5.74, 6) is 0.171. The molecule has 92 valence electrons.